The Hall–Kier alpha value is -1.93. The normalized spacial score (nSPS) is 9.15. The van der Waals surface area contributed by atoms with E-state index in [9.17, 15) is 4.39 Å². The first-order valence-electron chi connectivity index (χ1n) is 6.13. The van der Waals surface area contributed by atoms with Crippen LogP contribution < -0.4 is 4.74 Å². The van der Waals surface area contributed by atoms with E-state index in [1.807, 2.05) is 19.9 Å². The summed E-state index contributed by atoms with van der Waals surface area (Å²) >= 11 is 3.22. The van der Waals surface area contributed by atoms with Crippen molar-refractivity contribution in [3.8, 4) is 11.9 Å². The first-order valence-corrected chi connectivity index (χ1v) is 6.92. The van der Waals surface area contributed by atoms with E-state index in [1.54, 1.807) is 24.3 Å². The fourth-order valence-corrected chi connectivity index (χ4v) is 1.68. The molecule has 0 bridgehead atoms. The largest absolute Gasteiger partial charge is 0.473 e. The molecule has 104 valence electrons. The quantitative estimate of drug-likeness (QED) is 0.777. The summed E-state index contributed by atoms with van der Waals surface area (Å²) in [6.45, 7) is 4.07. The summed E-state index contributed by atoms with van der Waals surface area (Å²) in [5.74, 6) is -0.0443. The van der Waals surface area contributed by atoms with E-state index < -0.39 is 5.82 Å². The molecule has 0 fully saturated rings. The molecule has 5 heteroatoms. The maximum absolute atomic E-state index is 13.6. The molecular formula is C15H14BrFN2O. The zero-order chi connectivity index (χ0) is 15.0. The molecule has 2 rings (SSSR count). The minimum absolute atomic E-state index is 0.0704. The highest BCUT2D eigenvalue weighted by Crippen LogP contribution is 2.16. The van der Waals surface area contributed by atoms with Crippen LogP contribution in [0.15, 0.2) is 41.0 Å². The van der Waals surface area contributed by atoms with Gasteiger partial charge in [-0.2, -0.15) is 5.26 Å². The fraction of sp³-hybridized carbons (Fsp3) is 0.200. The fourth-order valence-electron chi connectivity index (χ4n) is 1.36. The number of ether oxygens (including phenoxy) is 1. The van der Waals surface area contributed by atoms with Crippen LogP contribution in [0.4, 0.5) is 4.39 Å². The highest BCUT2D eigenvalue weighted by atomic mass is 79.9. The number of benzene rings is 1. The lowest BCUT2D eigenvalue weighted by Gasteiger charge is -2.06. The molecule has 0 spiro atoms. The second kappa shape index (κ2) is 8.28. The summed E-state index contributed by atoms with van der Waals surface area (Å²) < 4.78 is 19.6. The third-order valence-electron chi connectivity index (χ3n) is 2.25. The number of aromatic nitrogens is 1. The van der Waals surface area contributed by atoms with Crippen LogP contribution in [-0.4, -0.2) is 4.98 Å². The van der Waals surface area contributed by atoms with Crippen LogP contribution in [-0.2, 0) is 6.61 Å². The van der Waals surface area contributed by atoms with Crippen LogP contribution in [0.2, 0.25) is 0 Å². The summed E-state index contributed by atoms with van der Waals surface area (Å²) in [5.41, 5.74) is 0.674. The summed E-state index contributed by atoms with van der Waals surface area (Å²) in [6, 6.07) is 11.4. The first-order chi connectivity index (χ1) is 9.69. The maximum Gasteiger partial charge on any atom is 0.214 e. The van der Waals surface area contributed by atoms with E-state index in [0.29, 0.717) is 16.0 Å². The van der Waals surface area contributed by atoms with Gasteiger partial charge in [0.05, 0.1) is 11.6 Å². The standard InChI is InChI=1S/C13H8BrFN2O.C2H6/c14-12-2-1-3-13(17-12)18-8-10-5-4-9(7-16)6-11(10)15;1-2/h1-6H,8H2;1-2H3. The van der Waals surface area contributed by atoms with Crippen molar-refractivity contribution in [2.45, 2.75) is 20.5 Å². The molecule has 0 aliphatic carbocycles. The van der Waals surface area contributed by atoms with Crippen molar-refractivity contribution >= 4 is 15.9 Å². The molecule has 1 aromatic carbocycles. The number of pyridine rings is 1. The summed E-state index contributed by atoms with van der Waals surface area (Å²) in [4.78, 5) is 4.07. The van der Waals surface area contributed by atoms with Crippen molar-refractivity contribution in [2.24, 2.45) is 0 Å². The molecule has 1 heterocycles. The van der Waals surface area contributed by atoms with Gasteiger partial charge in [-0.3, -0.25) is 0 Å². The summed E-state index contributed by atoms with van der Waals surface area (Å²) in [7, 11) is 0. The predicted molar refractivity (Wildman–Crippen MR) is 78.7 cm³/mol. The zero-order valence-electron chi connectivity index (χ0n) is 11.2. The Bertz CT molecular complexity index is 611. The van der Waals surface area contributed by atoms with Crippen LogP contribution in [0.3, 0.4) is 0 Å². The van der Waals surface area contributed by atoms with Gasteiger partial charge >= 0.3 is 0 Å². The van der Waals surface area contributed by atoms with Crippen LogP contribution in [0.1, 0.15) is 25.0 Å². The van der Waals surface area contributed by atoms with E-state index in [1.165, 1.54) is 12.1 Å². The number of nitrogens with zero attached hydrogens (tertiary/aromatic N) is 2. The second-order valence-electron chi connectivity index (χ2n) is 3.51. The maximum atomic E-state index is 13.6. The zero-order valence-corrected chi connectivity index (χ0v) is 12.8. The number of halogens is 2. The van der Waals surface area contributed by atoms with E-state index in [-0.39, 0.29) is 12.2 Å². The molecule has 0 unspecified atom stereocenters. The number of nitriles is 1. The van der Waals surface area contributed by atoms with Gasteiger partial charge in [0.25, 0.3) is 0 Å². The Kier molecular flexibility index (Phi) is 6.68. The van der Waals surface area contributed by atoms with Crippen molar-refractivity contribution in [2.75, 3.05) is 0 Å². The average molecular weight is 337 g/mol. The molecule has 0 radical (unpaired) electrons. The third kappa shape index (κ3) is 4.63. The lowest BCUT2D eigenvalue weighted by atomic mass is 10.1. The van der Waals surface area contributed by atoms with E-state index in [2.05, 4.69) is 20.9 Å². The van der Waals surface area contributed by atoms with Crippen LogP contribution in [0.25, 0.3) is 0 Å². The monoisotopic (exact) mass is 336 g/mol. The van der Waals surface area contributed by atoms with Crippen molar-refractivity contribution in [3.63, 3.8) is 0 Å². The van der Waals surface area contributed by atoms with Gasteiger partial charge < -0.3 is 4.74 Å². The topological polar surface area (TPSA) is 45.9 Å². The summed E-state index contributed by atoms with van der Waals surface area (Å²) in [6.07, 6.45) is 0. The van der Waals surface area contributed by atoms with Gasteiger partial charge in [-0.05, 0) is 34.1 Å². The molecule has 0 atom stereocenters. The molecule has 0 saturated heterocycles. The van der Waals surface area contributed by atoms with Crippen LogP contribution in [0.5, 0.6) is 5.88 Å². The molecule has 2 aromatic rings. The van der Waals surface area contributed by atoms with E-state index in [0.717, 1.165) is 0 Å². The number of rotatable bonds is 3. The smallest absolute Gasteiger partial charge is 0.214 e. The Morgan fingerprint density at radius 1 is 1.30 bits per heavy atom. The molecule has 0 aliphatic heterocycles. The minimum Gasteiger partial charge on any atom is -0.473 e. The Balaban J connectivity index is 0.000000956. The van der Waals surface area contributed by atoms with Gasteiger partial charge in [-0.25, -0.2) is 9.37 Å². The highest BCUT2D eigenvalue weighted by Gasteiger charge is 2.05. The molecule has 3 nitrogen and oxygen atoms in total. The van der Waals surface area contributed by atoms with Crippen molar-refractivity contribution in [1.29, 1.82) is 5.26 Å². The molecule has 1 aromatic heterocycles. The van der Waals surface area contributed by atoms with E-state index >= 15 is 0 Å². The van der Waals surface area contributed by atoms with Crippen molar-refractivity contribution in [3.05, 3.63) is 57.9 Å². The van der Waals surface area contributed by atoms with Gasteiger partial charge in [0.1, 0.15) is 17.0 Å². The SMILES string of the molecule is CC.N#Cc1ccc(COc2cccc(Br)n2)c(F)c1. The van der Waals surface area contributed by atoms with Crippen molar-refractivity contribution in [1.82, 2.24) is 4.98 Å². The van der Waals surface area contributed by atoms with Gasteiger partial charge in [0.2, 0.25) is 5.88 Å². The Morgan fingerprint density at radius 3 is 2.65 bits per heavy atom. The minimum atomic E-state index is -0.455. The van der Waals surface area contributed by atoms with Crippen LogP contribution in [0, 0.1) is 17.1 Å². The van der Waals surface area contributed by atoms with Gasteiger partial charge in [0, 0.05) is 11.6 Å². The van der Waals surface area contributed by atoms with Gasteiger partial charge in [-0.15, -0.1) is 0 Å². The molecular weight excluding hydrogens is 323 g/mol. The third-order valence-corrected chi connectivity index (χ3v) is 2.69. The first kappa shape index (κ1) is 16.1. The molecule has 0 aliphatic rings. The van der Waals surface area contributed by atoms with Gasteiger partial charge in [-0.1, -0.05) is 26.0 Å². The average Bonchev–Trinajstić information content (AvgIpc) is 2.48. The molecule has 0 N–H and O–H groups in total. The van der Waals surface area contributed by atoms with E-state index in [4.69, 9.17) is 10.00 Å². The molecule has 20 heavy (non-hydrogen) atoms. The highest BCUT2D eigenvalue weighted by molar-refractivity contribution is 9.10. The number of hydrogen-bond acceptors (Lipinski definition) is 3. The molecule has 0 saturated carbocycles. The predicted octanol–water partition coefficient (Wildman–Crippen LogP) is 4.46. The second-order valence-corrected chi connectivity index (χ2v) is 4.32. The van der Waals surface area contributed by atoms with Gasteiger partial charge in [0.15, 0.2) is 0 Å². The van der Waals surface area contributed by atoms with Crippen molar-refractivity contribution < 1.29 is 9.13 Å². The lowest BCUT2D eigenvalue weighted by molar-refractivity contribution is 0.287. The Labute approximate surface area is 126 Å². The molecule has 0 amide bonds. The Morgan fingerprint density at radius 2 is 2.05 bits per heavy atom. The lowest BCUT2D eigenvalue weighted by Crippen LogP contribution is -2.00. The summed E-state index contributed by atoms with van der Waals surface area (Å²) in [5, 5.41) is 8.63. The van der Waals surface area contributed by atoms with Crippen LogP contribution >= 0.6 is 15.9 Å². The number of hydrogen-bond donors (Lipinski definition) is 0.